The third-order valence-electron chi connectivity index (χ3n) is 3.13. The van der Waals surface area contributed by atoms with Crippen molar-refractivity contribution in [2.24, 2.45) is 5.73 Å². The maximum atomic E-state index is 11.5. The number of carboxylic acid groups (broad SMARTS) is 1. The lowest BCUT2D eigenvalue weighted by Gasteiger charge is -2.15. The molecule has 5 N–H and O–H groups in total. The van der Waals surface area contributed by atoms with E-state index >= 15 is 0 Å². The van der Waals surface area contributed by atoms with Crippen LogP contribution in [0.2, 0.25) is 0 Å². The molecule has 2 rings (SSSR count). The van der Waals surface area contributed by atoms with Crippen LogP contribution in [0, 0.1) is 0 Å². The largest absolute Gasteiger partial charge is 0.480 e. The van der Waals surface area contributed by atoms with E-state index in [0.29, 0.717) is 0 Å². The van der Waals surface area contributed by atoms with Gasteiger partial charge < -0.3 is 21.1 Å². The second-order valence-electron chi connectivity index (χ2n) is 4.75. The molecule has 0 aliphatic heterocycles. The zero-order valence-electron chi connectivity index (χ0n) is 11.1. The Bertz CT molecular complexity index is 633. The van der Waals surface area contributed by atoms with E-state index in [0.717, 1.165) is 16.5 Å². The van der Waals surface area contributed by atoms with Gasteiger partial charge in [0.1, 0.15) is 6.04 Å². The van der Waals surface area contributed by atoms with Crippen molar-refractivity contribution in [2.45, 2.75) is 25.4 Å². The third kappa shape index (κ3) is 2.97. The van der Waals surface area contributed by atoms with Gasteiger partial charge in [-0.3, -0.25) is 4.79 Å². The lowest BCUT2D eigenvalue weighted by atomic mass is 10.0. The smallest absolute Gasteiger partial charge is 0.326 e. The van der Waals surface area contributed by atoms with Crippen molar-refractivity contribution in [2.75, 3.05) is 0 Å². The highest BCUT2D eigenvalue weighted by molar-refractivity contribution is 5.88. The number of nitrogens with one attached hydrogen (secondary N) is 2. The summed E-state index contributed by atoms with van der Waals surface area (Å²) in [7, 11) is 0. The van der Waals surface area contributed by atoms with Crippen molar-refractivity contribution in [1.29, 1.82) is 0 Å². The minimum Gasteiger partial charge on any atom is -0.480 e. The Morgan fingerprint density at radius 2 is 2.10 bits per heavy atom. The number of carbonyl (C=O) groups is 2. The van der Waals surface area contributed by atoms with Gasteiger partial charge in [-0.05, 0) is 18.6 Å². The Morgan fingerprint density at radius 3 is 2.75 bits per heavy atom. The molecule has 1 unspecified atom stereocenters. The van der Waals surface area contributed by atoms with Crippen LogP contribution in [0.3, 0.4) is 0 Å². The molecule has 0 saturated carbocycles. The van der Waals surface area contributed by atoms with Gasteiger partial charge in [0.25, 0.3) is 0 Å². The first-order valence-electron chi connectivity index (χ1n) is 6.33. The molecule has 106 valence electrons. The van der Waals surface area contributed by atoms with Crippen LogP contribution in [0.15, 0.2) is 30.5 Å². The molecule has 0 aliphatic rings. The minimum atomic E-state index is -1.08. The predicted molar refractivity (Wildman–Crippen MR) is 75.2 cm³/mol. The molecule has 0 spiro atoms. The van der Waals surface area contributed by atoms with Gasteiger partial charge in [0, 0.05) is 23.5 Å². The van der Waals surface area contributed by atoms with E-state index in [-0.39, 0.29) is 6.42 Å². The number of hydrogen-bond donors (Lipinski definition) is 4. The number of aliphatic carboxylic acids is 1. The van der Waals surface area contributed by atoms with Gasteiger partial charge in [-0.1, -0.05) is 18.2 Å². The molecule has 1 amide bonds. The molecule has 0 aliphatic carbocycles. The first kappa shape index (κ1) is 14.1. The van der Waals surface area contributed by atoms with Gasteiger partial charge in [-0.15, -0.1) is 0 Å². The minimum absolute atomic E-state index is 0.206. The fraction of sp³-hybridized carbons (Fsp3) is 0.286. The number of aromatic nitrogens is 1. The molecule has 0 bridgehead atoms. The summed E-state index contributed by atoms with van der Waals surface area (Å²) < 4.78 is 0. The number of para-hydroxylation sites is 1. The molecule has 20 heavy (non-hydrogen) atoms. The fourth-order valence-electron chi connectivity index (χ4n) is 2.02. The van der Waals surface area contributed by atoms with Crippen LogP contribution >= 0.6 is 0 Å². The van der Waals surface area contributed by atoms with E-state index in [4.69, 9.17) is 5.73 Å². The quantitative estimate of drug-likeness (QED) is 0.641. The number of amides is 1. The number of nitrogens with two attached hydrogens (primary N) is 1. The van der Waals surface area contributed by atoms with Gasteiger partial charge in [-0.2, -0.15) is 0 Å². The van der Waals surface area contributed by atoms with Crippen LogP contribution in [-0.4, -0.2) is 34.1 Å². The predicted octanol–water partition coefficient (Wildman–Crippen LogP) is 0.627. The summed E-state index contributed by atoms with van der Waals surface area (Å²) in [5.41, 5.74) is 7.22. The molecule has 0 saturated heterocycles. The average molecular weight is 275 g/mol. The number of rotatable bonds is 5. The van der Waals surface area contributed by atoms with Crippen molar-refractivity contribution in [3.63, 3.8) is 0 Å². The lowest BCUT2D eigenvalue weighted by Crippen LogP contribution is -2.48. The number of carbonyl (C=O) groups excluding carboxylic acids is 1. The molecule has 6 heteroatoms. The number of aromatic amines is 1. The second-order valence-corrected chi connectivity index (χ2v) is 4.75. The Balaban J connectivity index is 2.20. The van der Waals surface area contributed by atoms with Gasteiger partial charge in [-0.25, -0.2) is 4.79 Å². The van der Waals surface area contributed by atoms with E-state index in [1.807, 2.05) is 24.3 Å². The summed E-state index contributed by atoms with van der Waals surface area (Å²) in [6, 6.07) is 5.88. The van der Waals surface area contributed by atoms with Gasteiger partial charge in [0.2, 0.25) is 5.91 Å². The molecular formula is C14H17N3O3. The number of H-pyrrole nitrogens is 1. The number of benzene rings is 1. The molecule has 0 radical (unpaired) electrons. The highest BCUT2D eigenvalue weighted by Gasteiger charge is 2.22. The summed E-state index contributed by atoms with van der Waals surface area (Å²) in [5.74, 6) is -1.55. The summed E-state index contributed by atoms with van der Waals surface area (Å²) in [6.07, 6.45) is 1.97. The molecule has 1 heterocycles. The summed E-state index contributed by atoms with van der Waals surface area (Å²) in [5, 5.41) is 12.6. The van der Waals surface area contributed by atoms with E-state index in [1.165, 1.54) is 6.92 Å². The molecule has 2 aromatic rings. The van der Waals surface area contributed by atoms with E-state index in [1.54, 1.807) is 6.20 Å². The maximum absolute atomic E-state index is 11.5. The first-order valence-corrected chi connectivity index (χ1v) is 6.33. The molecular weight excluding hydrogens is 258 g/mol. The SMILES string of the molecule is CC(N)C(=O)N[C@H](Cc1c[nH]c2ccccc12)C(=O)O. The Hall–Kier alpha value is -2.34. The molecule has 1 aromatic heterocycles. The van der Waals surface area contributed by atoms with Gasteiger partial charge in [0.05, 0.1) is 6.04 Å². The van der Waals surface area contributed by atoms with Crippen LogP contribution in [0.1, 0.15) is 12.5 Å². The van der Waals surface area contributed by atoms with Crippen LogP contribution < -0.4 is 11.1 Å². The fourth-order valence-corrected chi connectivity index (χ4v) is 2.02. The second kappa shape index (κ2) is 5.75. The maximum Gasteiger partial charge on any atom is 0.326 e. The molecule has 2 atom stereocenters. The zero-order chi connectivity index (χ0) is 14.7. The topological polar surface area (TPSA) is 108 Å². The Morgan fingerprint density at radius 1 is 1.40 bits per heavy atom. The zero-order valence-corrected chi connectivity index (χ0v) is 11.1. The molecule has 6 nitrogen and oxygen atoms in total. The van der Waals surface area contributed by atoms with Crippen molar-refractivity contribution >= 4 is 22.8 Å². The summed E-state index contributed by atoms with van der Waals surface area (Å²) in [4.78, 5) is 25.9. The van der Waals surface area contributed by atoms with Gasteiger partial charge in [0.15, 0.2) is 0 Å². The van der Waals surface area contributed by atoms with Crippen molar-refractivity contribution in [1.82, 2.24) is 10.3 Å². The standard InChI is InChI=1S/C14H17N3O3/c1-8(15)13(18)17-12(14(19)20)6-9-7-16-11-5-3-2-4-10(9)11/h2-5,7-8,12,16H,6,15H2,1H3,(H,17,18)(H,19,20)/t8?,12-/m1/s1. The van der Waals surface area contributed by atoms with Crippen LogP contribution in [-0.2, 0) is 16.0 Å². The van der Waals surface area contributed by atoms with Crippen LogP contribution in [0.25, 0.3) is 10.9 Å². The van der Waals surface area contributed by atoms with Crippen LogP contribution in [0.4, 0.5) is 0 Å². The Kier molecular flexibility index (Phi) is 4.05. The third-order valence-corrected chi connectivity index (χ3v) is 3.13. The van der Waals surface area contributed by atoms with Gasteiger partial charge >= 0.3 is 5.97 Å². The van der Waals surface area contributed by atoms with Crippen molar-refractivity contribution in [3.8, 4) is 0 Å². The highest BCUT2D eigenvalue weighted by atomic mass is 16.4. The van der Waals surface area contributed by atoms with E-state index in [9.17, 15) is 14.7 Å². The first-order chi connectivity index (χ1) is 9.49. The van der Waals surface area contributed by atoms with Crippen molar-refractivity contribution in [3.05, 3.63) is 36.0 Å². The number of fused-ring (bicyclic) bond motifs is 1. The lowest BCUT2D eigenvalue weighted by molar-refractivity contribution is -0.141. The highest BCUT2D eigenvalue weighted by Crippen LogP contribution is 2.19. The van der Waals surface area contributed by atoms with E-state index in [2.05, 4.69) is 10.3 Å². The molecule has 1 aromatic carbocycles. The monoisotopic (exact) mass is 275 g/mol. The van der Waals surface area contributed by atoms with E-state index < -0.39 is 24.0 Å². The number of hydrogen-bond acceptors (Lipinski definition) is 3. The number of carboxylic acids is 1. The molecule has 0 fully saturated rings. The average Bonchev–Trinajstić information content (AvgIpc) is 2.81. The van der Waals surface area contributed by atoms with Crippen LogP contribution in [0.5, 0.6) is 0 Å². The summed E-state index contributed by atoms with van der Waals surface area (Å²) in [6.45, 7) is 1.51. The summed E-state index contributed by atoms with van der Waals surface area (Å²) >= 11 is 0. The normalized spacial score (nSPS) is 13.9. The van der Waals surface area contributed by atoms with Crippen molar-refractivity contribution < 1.29 is 14.7 Å². The Labute approximate surface area is 116 Å².